The SMILES string of the molecule is O=C1/C(=C/c2cccc([N+](=O)[O-])c2)Oc2c1ccc(O)c2C[NH+]1CCCCC1. The first-order valence-corrected chi connectivity index (χ1v) is 9.40. The molecule has 0 aliphatic carbocycles. The van der Waals surface area contributed by atoms with Gasteiger partial charge in [-0.05, 0) is 43.0 Å². The van der Waals surface area contributed by atoms with Crippen LogP contribution in [0.5, 0.6) is 11.5 Å². The zero-order valence-electron chi connectivity index (χ0n) is 15.3. The molecular formula is C21H21N2O5+. The highest BCUT2D eigenvalue weighted by Crippen LogP contribution is 2.39. The first-order chi connectivity index (χ1) is 13.5. The minimum atomic E-state index is -0.481. The quantitative estimate of drug-likeness (QED) is 0.482. The highest BCUT2D eigenvalue weighted by Gasteiger charge is 2.32. The molecular weight excluding hydrogens is 360 g/mol. The molecule has 1 saturated heterocycles. The molecule has 2 heterocycles. The van der Waals surface area contributed by atoms with E-state index < -0.39 is 4.92 Å². The molecule has 0 spiro atoms. The van der Waals surface area contributed by atoms with Crippen LogP contribution in [0.3, 0.4) is 0 Å². The molecule has 0 unspecified atom stereocenters. The Bertz CT molecular complexity index is 977. The number of rotatable bonds is 4. The number of quaternary nitrogens is 1. The zero-order chi connectivity index (χ0) is 19.7. The van der Waals surface area contributed by atoms with E-state index in [1.54, 1.807) is 18.2 Å². The molecule has 7 heteroatoms. The third-order valence-electron chi connectivity index (χ3n) is 5.28. The monoisotopic (exact) mass is 381 g/mol. The van der Waals surface area contributed by atoms with Crippen molar-refractivity contribution in [3.63, 3.8) is 0 Å². The number of Topliss-reactive ketones (excluding diaryl/α,β-unsaturated/α-hetero) is 1. The predicted molar refractivity (Wildman–Crippen MR) is 102 cm³/mol. The summed E-state index contributed by atoms with van der Waals surface area (Å²) in [6, 6.07) is 9.13. The predicted octanol–water partition coefficient (Wildman–Crippen LogP) is 2.49. The number of nitro groups is 1. The molecule has 2 aliphatic heterocycles. The number of phenols is 1. The summed E-state index contributed by atoms with van der Waals surface area (Å²) in [5, 5.41) is 21.3. The lowest BCUT2D eigenvalue weighted by atomic mass is 10.0. The summed E-state index contributed by atoms with van der Waals surface area (Å²) in [6.07, 6.45) is 5.04. The summed E-state index contributed by atoms with van der Waals surface area (Å²) in [5.41, 5.74) is 1.52. The van der Waals surface area contributed by atoms with Crippen LogP contribution in [-0.4, -0.2) is 28.9 Å². The van der Waals surface area contributed by atoms with Gasteiger partial charge in [0.05, 0.1) is 29.1 Å². The number of non-ortho nitro benzene ring substituents is 1. The average molecular weight is 381 g/mol. The summed E-state index contributed by atoms with van der Waals surface area (Å²) >= 11 is 0. The summed E-state index contributed by atoms with van der Waals surface area (Å²) in [5.74, 6) is 0.355. The van der Waals surface area contributed by atoms with Crippen LogP contribution in [0.1, 0.15) is 40.7 Å². The number of fused-ring (bicyclic) bond motifs is 1. The molecule has 0 aromatic heterocycles. The van der Waals surface area contributed by atoms with Gasteiger partial charge < -0.3 is 14.7 Å². The Labute approximate surface area is 162 Å². The number of hydrogen-bond acceptors (Lipinski definition) is 5. The Hall–Kier alpha value is -3.19. The Morgan fingerprint density at radius 3 is 2.71 bits per heavy atom. The van der Waals surface area contributed by atoms with Crippen molar-refractivity contribution < 1.29 is 24.5 Å². The van der Waals surface area contributed by atoms with Crippen molar-refractivity contribution >= 4 is 17.5 Å². The lowest BCUT2D eigenvalue weighted by molar-refractivity contribution is -0.918. The van der Waals surface area contributed by atoms with Gasteiger partial charge in [-0.3, -0.25) is 14.9 Å². The summed E-state index contributed by atoms with van der Waals surface area (Å²) in [4.78, 5) is 24.6. The second kappa shape index (κ2) is 7.44. The van der Waals surface area contributed by atoms with Gasteiger partial charge in [0.25, 0.3) is 5.69 Å². The van der Waals surface area contributed by atoms with Gasteiger partial charge in [-0.1, -0.05) is 12.1 Å². The standard InChI is InChI=1S/C21H20N2O5/c24-18-8-7-16-20(25)19(12-14-5-4-6-15(11-14)23(26)27)28-21(16)17(18)13-22-9-2-1-3-10-22/h4-8,11-12,24H,1-3,9-10,13H2/p+1/b19-12-. The molecule has 144 valence electrons. The van der Waals surface area contributed by atoms with Crippen LogP contribution in [0.15, 0.2) is 42.2 Å². The summed E-state index contributed by atoms with van der Waals surface area (Å²) in [7, 11) is 0. The van der Waals surface area contributed by atoms with E-state index in [1.165, 1.54) is 35.6 Å². The Kier molecular flexibility index (Phi) is 4.83. The Morgan fingerprint density at radius 2 is 1.96 bits per heavy atom. The van der Waals surface area contributed by atoms with Crippen molar-refractivity contribution in [3.05, 3.63) is 69.0 Å². The normalized spacial score (nSPS) is 18.1. The minimum absolute atomic E-state index is 0.0515. The summed E-state index contributed by atoms with van der Waals surface area (Å²) < 4.78 is 5.85. The number of carbonyl (C=O) groups is 1. The lowest BCUT2D eigenvalue weighted by Gasteiger charge is -2.24. The molecule has 2 aliphatic rings. The fourth-order valence-electron chi connectivity index (χ4n) is 3.83. The van der Waals surface area contributed by atoms with E-state index >= 15 is 0 Å². The molecule has 0 radical (unpaired) electrons. The maximum atomic E-state index is 12.8. The van der Waals surface area contributed by atoms with Crippen molar-refractivity contribution in [1.29, 1.82) is 0 Å². The molecule has 7 nitrogen and oxygen atoms in total. The topological polar surface area (TPSA) is 94.1 Å². The third kappa shape index (κ3) is 3.48. The van der Waals surface area contributed by atoms with Crippen LogP contribution in [0.2, 0.25) is 0 Å². The molecule has 0 bridgehead atoms. The van der Waals surface area contributed by atoms with Gasteiger partial charge in [-0.25, -0.2) is 0 Å². The number of hydrogen-bond donors (Lipinski definition) is 2. The number of benzene rings is 2. The van der Waals surface area contributed by atoms with Crippen molar-refractivity contribution in [2.24, 2.45) is 0 Å². The number of ketones is 1. The van der Waals surface area contributed by atoms with Crippen LogP contribution in [0.25, 0.3) is 6.08 Å². The van der Waals surface area contributed by atoms with E-state index in [0.29, 0.717) is 29.0 Å². The van der Waals surface area contributed by atoms with E-state index in [9.17, 15) is 20.0 Å². The number of nitrogens with one attached hydrogen (secondary N) is 1. The molecule has 4 rings (SSSR count). The first kappa shape index (κ1) is 18.2. The van der Waals surface area contributed by atoms with E-state index in [0.717, 1.165) is 25.9 Å². The number of piperidine rings is 1. The summed E-state index contributed by atoms with van der Waals surface area (Å²) in [6.45, 7) is 2.67. The van der Waals surface area contributed by atoms with E-state index in [1.807, 2.05) is 0 Å². The van der Waals surface area contributed by atoms with Gasteiger partial charge >= 0.3 is 0 Å². The molecule has 28 heavy (non-hydrogen) atoms. The third-order valence-corrected chi connectivity index (χ3v) is 5.28. The molecule has 2 aromatic carbocycles. The van der Waals surface area contributed by atoms with Gasteiger partial charge in [0.15, 0.2) is 11.5 Å². The molecule has 2 aromatic rings. The van der Waals surface area contributed by atoms with Crippen LogP contribution in [0.4, 0.5) is 5.69 Å². The van der Waals surface area contributed by atoms with Gasteiger partial charge in [-0.2, -0.15) is 0 Å². The molecule has 0 amide bonds. The van der Waals surface area contributed by atoms with Gasteiger partial charge in [0.1, 0.15) is 12.3 Å². The maximum Gasteiger partial charge on any atom is 0.270 e. The highest BCUT2D eigenvalue weighted by atomic mass is 16.6. The number of nitrogens with zero attached hydrogens (tertiary/aromatic N) is 1. The molecule has 2 N–H and O–H groups in total. The molecule has 0 atom stereocenters. The van der Waals surface area contributed by atoms with Crippen molar-refractivity contribution in [2.75, 3.05) is 13.1 Å². The van der Waals surface area contributed by atoms with E-state index in [-0.39, 0.29) is 23.0 Å². The van der Waals surface area contributed by atoms with Crippen LogP contribution < -0.4 is 9.64 Å². The van der Waals surface area contributed by atoms with Crippen LogP contribution >= 0.6 is 0 Å². The molecule has 0 saturated carbocycles. The van der Waals surface area contributed by atoms with Gasteiger partial charge in [0, 0.05) is 12.1 Å². The fourth-order valence-corrected chi connectivity index (χ4v) is 3.83. The number of ether oxygens (including phenoxy) is 1. The van der Waals surface area contributed by atoms with Crippen molar-refractivity contribution in [2.45, 2.75) is 25.8 Å². The van der Waals surface area contributed by atoms with Gasteiger partial charge in [0.2, 0.25) is 5.78 Å². The maximum absolute atomic E-state index is 12.8. The average Bonchev–Trinajstić information content (AvgIpc) is 3.01. The lowest BCUT2D eigenvalue weighted by Crippen LogP contribution is -3.11. The Balaban J connectivity index is 1.65. The highest BCUT2D eigenvalue weighted by molar-refractivity contribution is 6.15. The van der Waals surface area contributed by atoms with Crippen LogP contribution in [-0.2, 0) is 6.54 Å². The fraction of sp³-hybridized carbons (Fsp3) is 0.286. The largest absolute Gasteiger partial charge is 0.507 e. The number of likely N-dealkylation sites (tertiary alicyclic amines) is 1. The number of nitro benzene ring substituents is 1. The smallest absolute Gasteiger partial charge is 0.270 e. The number of phenolic OH excluding ortho intramolecular Hbond substituents is 1. The van der Waals surface area contributed by atoms with Crippen molar-refractivity contribution in [1.82, 2.24) is 0 Å². The van der Waals surface area contributed by atoms with Gasteiger partial charge in [-0.15, -0.1) is 0 Å². The first-order valence-electron chi connectivity index (χ1n) is 9.40. The van der Waals surface area contributed by atoms with E-state index in [2.05, 4.69) is 0 Å². The zero-order valence-corrected chi connectivity index (χ0v) is 15.3. The number of aromatic hydroxyl groups is 1. The van der Waals surface area contributed by atoms with Crippen molar-refractivity contribution in [3.8, 4) is 11.5 Å². The second-order valence-corrected chi connectivity index (χ2v) is 7.22. The van der Waals surface area contributed by atoms with Crippen LogP contribution in [0, 0.1) is 10.1 Å². The van der Waals surface area contributed by atoms with E-state index in [4.69, 9.17) is 4.74 Å². The number of carbonyl (C=O) groups excluding carboxylic acids is 1. The molecule has 1 fully saturated rings. The number of allylic oxidation sites excluding steroid dienone is 1. The Morgan fingerprint density at radius 1 is 1.18 bits per heavy atom. The minimum Gasteiger partial charge on any atom is -0.507 e. The second-order valence-electron chi connectivity index (χ2n) is 7.22.